The number of carbonyl (C=O) groups is 2. The summed E-state index contributed by atoms with van der Waals surface area (Å²) >= 11 is 0. The van der Waals surface area contributed by atoms with Gasteiger partial charge in [0.25, 0.3) is 0 Å². The van der Waals surface area contributed by atoms with Crippen molar-refractivity contribution in [2.24, 2.45) is 11.8 Å². The van der Waals surface area contributed by atoms with E-state index in [4.69, 9.17) is 0 Å². The Morgan fingerprint density at radius 1 is 1.20 bits per heavy atom. The summed E-state index contributed by atoms with van der Waals surface area (Å²) in [6, 6.07) is -0.198. The summed E-state index contributed by atoms with van der Waals surface area (Å²) in [6.07, 6.45) is 4.90. The van der Waals surface area contributed by atoms with Crippen LogP contribution in [-0.2, 0) is 4.79 Å². The summed E-state index contributed by atoms with van der Waals surface area (Å²) < 4.78 is 0. The monoisotopic (exact) mass is 282 g/mol. The fraction of sp³-hybridized carbons (Fsp3) is 0.867. The lowest BCUT2D eigenvalue weighted by atomic mass is 9.87. The molecule has 0 aromatic rings. The van der Waals surface area contributed by atoms with Gasteiger partial charge < -0.3 is 15.3 Å². The summed E-state index contributed by atoms with van der Waals surface area (Å²) in [5, 5.41) is 12.2. The highest BCUT2D eigenvalue weighted by atomic mass is 16.4. The second kappa shape index (κ2) is 6.02. The number of rotatable bonds is 3. The number of likely N-dealkylation sites (tertiary alicyclic amines) is 1. The van der Waals surface area contributed by atoms with E-state index < -0.39 is 11.5 Å². The maximum Gasteiger partial charge on any atom is 0.329 e. The third-order valence-electron chi connectivity index (χ3n) is 4.98. The minimum Gasteiger partial charge on any atom is -0.480 e. The van der Waals surface area contributed by atoms with E-state index in [1.807, 2.05) is 0 Å². The van der Waals surface area contributed by atoms with Crippen molar-refractivity contribution in [3.05, 3.63) is 0 Å². The summed E-state index contributed by atoms with van der Waals surface area (Å²) in [5.74, 6) is 0.444. The molecular formula is C15H26N2O3. The third-order valence-corrected chi connectivity index (χ3v) is 4.98. The largest absolute Gasteiger partial charge is 0.480 e. The number of carboxylic acids is 1. The molecule has 0 unspecified atom stereocenters. The first-order valence-corrected chi connectivity index (χ1v) is 7.75. The third kappa shape index (κ3) is 3.07. The lowest BCUT2D eigenvalue weighted by molar-refractivity contribution is -0.144. The molecule has 20 heavy (non-hydrogen) atoms. The Morgan fingerprint density at radius 2 is 1.75 bits per heavy atom. The number of aliphatic carboxylic acids is 1. The highest BCUT2D eigenvalue weighted by molar-refractivity contribution is 5.86. The first-order valence-electron chi connectivity index (χ1n) is 7.75. The summed E-state index contributed by atoms with van der Waals surface area (Å²) in [6.45, 7) is 5.92. The highest BCUT2D eigenvalue weighted by Crippen LogP contribution is 2.31. The zero-order chi connectivity index (χ0) is 14.8. The first kappa shape index (κ1) is 15.1. The van der Waals surface area contributed by atoms with Crippen LogP contribution >= 0.6 is 0 Å². The van der Waals surface area contributed by atoms with E-state index in [9.17, 15) is 14.7 Å². The van der Waals surface area contributed by atoms with Gasteiger partial charge in [-0.1, -0.05) is 26.7 Å². The maximum absolute atomic E-state index is 12.3. The zero-order valence-corrected chi connectivity index (χ0v) is 12.5. The van der Waals surface area contributed by atoms with Crippen LogP contribution in [0.25, 0.3) is 0 Å². The molecule has 1 aliphatic carbocycles. The van der Waals surface area contributed by atoms with Crippen molar-refractivity contribution in [2.45, 2.75) is 57.9 Å². The number of nitrogens with zero attached hydrogens (tertiary/aromatic N) is 1. The molecular weight excluding hydrogens is 256 g/mol. The SMILES string of the molecule is CC(C)C1CCN(C(=O)NC2(C(=O)O)CCCC2)CC1. The predicted octanol–water partition coefficient (Wildman–Crippen LogP) is 2.46. The van der Waals surface area contributed by atoms with Crippen molar-refractivity contribution in [3.8, 4) is 0 Å². The van der Waals surface area contributed by atoms with E-state index in [1.165, 1.54) is 0 Å². The van der Waals surface area contributed by atoms with Crippen molar-refractivity contribution >= 4 is 12.0 Å². The van der Waals surface area contributed by atoms with E-state index in [0.29, 0.717) is 24.7 Å². The van der Waals surface area contributed by atoms with Gasteiger partial charge in [-0.15, -0.1) is 0 Å². The maximum atomic E-state index is 12.3. The quantitative estimate of drug-likeness (QED) is 0.835. The van der Waals surface area contributed by atoms with E-state index in [-0.39, 0.29) is 6.03 Å². The van der Waals surface area contributed by atoms with Gasteiger partial charge in [0.15, 0.2) is 0 Å². The zero-order valence-electron chi connectivity index (χ0n) is 12.5. The number of urea groups is 1. The molecule has 0 radical (unpaired) electrons. The topological polar surface area (TPSA) is 69.6 Å². The molecule has 2 N–H and O–H groups in total. The predicted molar refractivity (Wildman–Crippen MR) is 76.5 cm³/mol. The van der Waals surface area contributed by atoms with E-state index in [0.717, 1.165) is 38.8 Å². The lowest BCUT2D eigenvalue weighted by Gasteiger charge is -2.36. The molecule has 2 aliphatic rings. The lowest BCUT2D eigenvalue weighted by Crippen LogP contribution is -2.57. The molecule has 1 saturated carbocycles. The van der Waals surface area contributed by atoms with Gasteiger partial charge in [0.1, 0.15) is 5.54 Å². The van der Waals surface area contributed by atoms with E-state index >= 15 is 0 Å². The number of piperidine rings is 1. The van der Waals surface area contributed by atoms with Crippen molar-refractivity contribution in [3.63, 3.8) is 0 Å². The van der Waals surface area contributed by atoms with Gasteiger partial charge in [0.05, 0.1) is 0 Å². The van der Waals surface area contributed by atoms with Gasteiger partial charge in [-0.05, 0) is 37.5 Å². The van der Waals surface area contributed by atoms with Crippen LogP contribution in [0.1, 0.15) is 52.4 Å². The number of nitrogens with one attached hydrogen (secondary N) is 1. The smallest absolute Gasteiger partial charge is 0.329 e. The molecule has 0 aromatic heterocycles. The van der Waals surface area contributed by atoms with Crippen molar-refractivity contribution in [1.82, 2.24) is 10.2 Å². The minimum absolute atomic E-state index is 0.198. The van der Waals surface area contributed by atoms with Crippen LogP contribution in [0.2, 0.25) is 0 Å². The Bertz CT molecular complexity index is 367. The number of carbonyl (C=O) groups excluding carboxylic acids is 1. The van der Waals surface area contributed by atoms with Crippen molar-refractivity contribution < 1.29 is 14.7 Å². The van der Waals surface area contributed by atoms with Gasteiger partial charge in [-0.25, -0.2) is 9.59 Å². The molecule has 5 nitrogen and oxygen atoms in total. The van der Waals surface area contributed by atoms with Gasteiger partial charge in [-0.3, -0.25) is 0 Å². The standard InChI is InChI=1S/C15H26N2O3/c1-11(2)12-5-9-17(10-6-12)14(20)16-15(13(18)19)7-3-4-8-15/h11-12H,3-10H2,1-2H3,(H,16,20)(H,18,19). The molecule has 0 atom stereocenters. The fourth-order valence-electron chi connectivity index (χ4n) is 3.42. The molecule has 5 heteroatoms. The number of amides is 2. The van der Waals surface area contributed by atoms with Crippen LogP contribution in [0.15, 0.2) is 0 Å². The van der Waals surface area contributed by atoms with Gasteiger partial charge in [0.2, 0.25) is 0 Å². The van der Waals surface area contributed by atoms with Crippen LogP contribution in [0.4, 0.5) is 4.79 Å². The second-order valence-electron chi connectivity index (χ2n) is 6.59. The summed E-state index contributed by atoms with van der Waals surface area (Å²) in [5.41, 5.74) is -1.02. The molecule has 0 aromatic carbocycles. The molecule has 1 saturated heterocycles. The molecule has 114 valence electrons. The average Bonchev–Trinajstić information content (AvgIpc) is 2.88. The average molecular weight is 282 g/mol. The molecule has 0 spiro atoms. The van der Waals surface area contributed by atoms with Gasteiger partial charge in [0, 0.05) is 13.1 Å². The molecule has 2 fully saturated rings. The van der Waals surface area contributed by atoms with Crippen molar-refractivity contribution in [2.75, 3.05) is 13.1 Å². The molecule has 2 rings (SSSR count). The Labute approximate surface area is 120 Å². The van der Waals surface area contributed by atoms with Crippen LogP contribution in [0, 0.1) is 11.8 Å². The Balaban J connectivity index is 1.91. The molecule has 0 bridgehead atoms. The number of carboxylic acid groups (broad SMARTS) is 1. The van der Waals surface area contributed by atoms with E-state index in [2.05, 4.69) is 19.2 Å². The minimum atomic E-state index is -1.02. The molecule has 2 amide bonds. The van der Waals surface area contributed by atoms with Gasteiger partial charge in [-0.2, -0.15) is 0 Å². The Kier molecular flexibility index (Phi) is 4.55. The normalized spacial score (nSPS) is 23.1. The van der Waals surface area contributed by atoms with Crippen LogP contribution in [0.5, 0.6) is 0 Å². The van der Waals surface area contributed by atoms with Crippen molar-refractivity contribution in [1.29, 1.82) is 0 Å². The summed E-state index contributed by atoms with van der Waals surface area (Å²) in [7, 11) is 0. The van der Waals surface area contributed by atoms with Crippen LogP contribution in [0.3, 0.4) is 0 Å². The molecule has 1 aliphatic heterocycles. The van der Waals surface area contributed by atoms with Crippen LogP contribution < -0.4 is 5.32 Å². The Hall–Kier alpha value is -1.26. The highest BCUT2D eigenvalue weighted by Gasteiger charge is 2.43. The second-order valence-corrected chi connectivity index (χ2v) is 6.59. The molecule has 1 heterocycles. The van der Waals surface area contributed by atoms with E-state index in [1.54, 1.807) is 4.90 Å². The first-order chi connectivity index (χ1) is 9.44. The fourth-order valence-corrected chi connectivity index (χ4v) is 3.42. The Morgan fingerprint density at radius 3 is 2.20 bits per heavy atom. The van der Waals surface area contributed by atoms with Gasteiger partial charge >= 0.3 is 12.0 Å². The van der Waals surface area contributed by atoms with Crippen LogP contribution in [-0.4, -0.2) is 40.6 Å². The number of hydrogen-bond donors (Lipinski definition) is 2. The number of hydrogen-bond acceptors (Lipinski definition) is 2. The summed E-state index contributed by atoms with van der Waals surface area (Å²) in [4.78, 5) is 25.5.